The summed E-state index contributed by atoms with van der Waals surface area (Å²) in [7, 11) is 0. The number of nitrogens with one attached hydrogen (secondary N) is 1. The summed E-state index contributed by atoms with van der Waals surface area (Å²) in [6.45, 7) is 3.71. The maximum Gasteiger partial charge on any atom is 0.303 e. The zero-order valence-electron chi connectivity index (χ0n) is 14.2. The number of carbonyl (C=O) groups is 2. The van der Waals surface area contributed by atoms with E-state index in [-0.39, 0.29) is 12.3 Å². The van der Waals surface area contributed by atoms with Gasteiger partial charge >= 0.3 is 5.97 Å². The third kappa shape index (κ3) is 5.92. The van der Waals surface area contributed by atoms with Crippen LogP contribution in [0.4, 0.5) is 0 Å². The van der Waals surface area contributed by atoms with Gasteiger partial charge in [-0.25, -0.2) is 4.98 Å². The number of aromatic nitrogens is 1. The van der Waals surface area contributed by atoms with Gasteiger partial charge in [-0.1, -0.05) is 12.1 Å². The Hall–Kier alpha value is -1.95. The summed E-state index contributed by atoms with van der Waals surface area (Å²) < 4.78 is 1.20. The average molecular weight is 348 g/mol. The van der Waals surface area contributed by atoms with E-state index in [9.17, 15) is 9.59 Å². The molecule has 24 heavy (non-hydrogen) atoms. The van der Waals surface area contributed by atoms with E-state index in [0.29, 0.717) is 12.8 Å². The molecule has 0 unspecified atom stereocenters. The van der Waals surface area contributed by atoms with Gasteiger partial charge in [0.2, 0.25) is 5.91 Å². The molecule has 0 aliphatic heterocycles. The first-order valence-corrected chi connectivity index (χ1v) is 9.05. The lowest BCUT2D eigenvalue weighted by Gasteiger charge is -2.25. The number of rotatable bonds is 9. The molecule has 0 aliphatic carbocycles. The highest BCUT2D eigenvalue weighted by molar-refractivity contribution is 7.18. The number of amides is 1. The number of hydrogen-bond acceptors (Lipinski definition) is 4. The number of aryl methyl sites for hydroxylation is 1. The number of nitrogens with zero attached hydrogens (tertiary/aromatic N) is 1. The van der Waals surface area contributed by atoms with E-state index in [1.165, 1.54) is 4.70 Å². The number of fused-ring (bicyclic) bond motifs is 1. The van der Waals surface area contributed by atoms with Crippen LogP contribution < -0.4 is 5.32 Å². The Balaban J connectivity index is 1.69. The number of carbonyl (C=O) groups excluding carboxylic acids is 1. The molecule has 0 saturated heterocycles. The number of para-hydroxylation sites is 1. The van der Waals surface area contributed by atoms with Gasteiger partial charge < -0.3 is 10.4 Å². The third-order valence-corrected chi connectivity index (χ3v) is 4.92. The summed E-state index contributed by atoms with van der Waals surface area (Å²) in [6, 6.07) is 8.09. The van der Waals surface area contributed by atoms with Crippen LogP contribution in [0.15, 0.2) is 24.3 Å². The standard InChI is InChI=1S/C18H24N2O3S/c1-18(2,12-11-17(22)23)20-15(21)9-5-6-10-16-19-13-7-3-4-8-14(13)24-16/h3-4,7-8H,5-6,9-12H2,1-2H3,(H,20,21)(H,22,23). The Labute approximate surface area is 146 Å². The van der Waals surface area contributed by atoms with Crippen molar-refractivity contribution in [2.45, 2.75) is 57.9 Å². The molecule has 2 rings (SSSR count). The van der Waals surface area contributed by atoms with E-state index >= 15 is 0 Å². The molecule has 2 N–H and O–H groups in total. The van der Waals surface area contributed by atoms with Gasteiger partial charge in [0.05, 0.1) is 15.2 Å². The Morgan fingerprint density at radius 1 is 1.21 bits per heavy atom. The number of carboxylic acids is 1. The van der Waals surface area contributed by atoms with Crippen molar-refractivity contribution in [1.29, 1.82) is 0 Å². The van der Waals surface area contributed by atoms with Crippen molar-refractivity contribution in [2.24, 2.45) is 0 Å². The number of unbranched alkanes of at least 4 members (excludes halogenated alkanes) is 1. The first-order valence-electron chi connectivity index (χ1n) is 8.23. The van der Waals surface area contributed by atoms with E-state index in [2.05, 4.69) is 16.4 Å². The SMILES string of the molecule is CC(C)(CCC(=O)O)NC(=O)CCCCc1nc2ccccc2s1. The Bertz CT molecular complexity index is 676. The predicted octanol–water partition coefficient (Wildman–Crippen LogP) is 3.77. The lowest BCUT2D eigenvalue weighted by atomic mass is 9.98. The van der Waals surface area contributed by atoms with Gasteiger partial charge in [-0.05, 0) is 51.7 Å². The molecule has 6 heteroatoms. The molecule has 2 aromatic rings. The summed E-state index contributed by atoms with van der Waals surface area (Å²) >= 11 is 1.71. The highest BCUT2D eigenvalue weighted by Crippen LogP contribution is 2.23. The van der Waals surface area contributed by atoms with Gasteiger partial charge in [-0.2, -0.15) is 0 Å². The van der Waals surface area contributed by atoms with Gasteiger partial charge in [0.25, 0.3) is 0 Å². The van der Waals surface area contributed by atoms with E-state index in [1.54, 1.807) is 11.3 Å². The van der Waals surface area contributed by atoms with Crippen LogP contribution in [0.3, 0.4) is 0 Å². The number of benzene rings is 1. The molecule has 5 nitrogen and oxygen atoms in total. The van der Waals surface area contributed by atoms with Crippen LogP contribution in [0.2, 0.25) is 0 Å². The topological polar surface area (TPSA) is 79.3 Å². The molecule has 0 aliphatic rings. The van der Waals surface area contributed by atoms with Gasteiger partial charge in [0, 0.05) is 18.4 Å². The van der Waals surface area contributed by atoms with E-state index < -0.39 is 11.5 Å². The molecule has 1 amide bonds. The fourth-order valence-electron chi connectivity index (χ4n) is 2.51. The second-order valence-electron chi connectivity index (χ2n) is 6.61. The number of aliphatic carboxylic acids is 1. The summed E-state index contributed by atoms with van der Waals surface area (Å²) in [5.74, 6) is -0.858. The van der Waals surface area contributed by atoms with Crippen molar-refractivity contribution in [1.82, 2.24) is 10.3 Å². The van der Waals surface area contributed by atoms with Crippen molar-refractivity contribution in [3.63, 3.8) is 0 Å². The fraction of sp³-hybridized carbons (Fsp3) is 0.500. The second kappa shape index (κ2) is 8.24. The third-order valence-electron chi connectivity index (χ3n) is 3.82. The Morgan fingerprint density at radius 2 is 1.96 bits per heavy atom. The fourth-order valence-corrected chi connectivity index (χ4v) is 3.52. The summed E-state index contributed by atoms with van der Waals surface area (Å²) in [5, 5.41) is 12.8. The quantitative estimate of drug-likeness (QED) is 0.676. The lowest BCUT2D eigenvalue weighted by Crippen LogP contribution is -2.43. The molecule has 0 radical (unpaired) electrons. The number of carboxylic acid groups (broad SMARTS) is 1. The van der Waals surface area contributed by atoms with Crippen LogP contribution in [0.5, 0.6) is 0 Å². The van der Waals surface area contributed by atoms with Crippen LogP contribution in [-0.4, -0.2) is 27.5 Å². The zero-order valence-corrected chi connectivity index (χ0v) is 15.0. The van der Waals surface area contributed by atoms with Crippen molar-refractivity contribution >= 4 is 33.4 Å². The zero-order chi connectivity index (χ0) is 17.6. The van der Waals surface area contributed by atoms with E-state index in [1.807, 2.05) is 32.0 Å². The molecule has 0 saturated carbocycles. The Kier molecular flexibility index (Phi) is 6.31. The summed E-state index contributed by atoms with van der Waals surface area (Å²) in [4.78, 5) is 27.2. The largest absolute Gasteiger partial charge is 0.481 e. The van der Waals surface area contributed by atoms with Crippen molar-refractivity contribution in [2.75, 3.05) is 0 Å². The van der Waals surface area contributed by atoms with Crippen molar-refractivity contribution in [3.05, 3.63) is 29.3 Å². The average Bonchev–Trinajstić information content (AvgIpc) is 2.92. The van der Waals surface area contributed by atoms with E-state index in [4.69, 9.17) is 5.11 Å². The molecule has 1 aromatic carbocycles. The Morgan fingerprint density at radius 3 is 2.67 bits per heavy atom. The van der Waals surface area contributed by atoms with Crippen molar-refractivity contribution in [3.8, 4) is 0 Å². The molecule has 130 valence electrons. The normalized spacial score (nSPS) is 11.6. The van der Waals surface area contributed by atoms with Crippen LogP contribution in [0.25, 0.3) is 10.2 Å². The maximum absolute atomic E-state index is 12.0. The summed E-state index contributed by atoms with van der Waals surface area (Å²) in [6.07, 6.45) is 3.56. The van der Waals surface area contributed by atoms with E-state index in [0.717, 1.165) is 29.8 Å². The van der Waals surface area contributed by atoms with Gasteiger partial charge in [0.1, 0.15) is 0 Å². The molecule has 0 fully saturated rings. The maximum atomic E-state index is 12.0. The molecule has 0 spiro atoms. The molecule has 0 bridgehead atoms. The van der Waals surface area contributed by atoms with Crippen LogP contribution in [0.1, 0.15) is 51.0 Å². The number of hydrogen-bond donors (Lipinski definition) is 2. The minimum atomic E-state index is -0.840. The first kappa shape index (κ1) is 18.4. The first-order chi connectivity index (χ1) is 11.4. The minimum Gasteiger partial charge on any atom is -0.481 e. The molecule has 1 aromatic heterocycles. The second-order valence-corrected chi connectivity index (χ2v) is 7.72. The van der Waals surface area contributed by atoms with Crippen LogP contribution in [-0.2, 0) is 16.0 Å². The molecule has 0 atom stereocenters. The molecule has 1 heterocycles. The van der Waals surface area contributed by atoms with Gasteiger partial charge in [-0.3, -0.25) is 9.59 Å². The highest BCUT2D eigenvalue weighted by Gasteiger charge is 2.21. The van der Waals surface area contributed by atoms with Crippen molar-refractivity contribution < 1.29 is 14.7 Å². The van der Waals surface area contributed by atoms with Crippen LogP contribution in [0, 0.1) is 0 Å². The molecular formula is C18H24N2O3S. The lowest BCUT2D eigenvalue weighted by molar-refractivity contribution is -0.137. The monoisotopic (exact) mass is 348 g/mol. The summed E-state index contributed by atoms with van der Waals surface area (Å²) in [5.41, 5.74) is 0.554. The number of thiazole rings is 1. The molecular weight excluding hydrogens is 324 g/mol. The highest BCUT2D eigenvalue weighted by atomic mass is 32.1. The minimum absolute atomic E-state index is 0.0188. The van der Waals surface area contributed by atoms with Gasteiger partial charge in [-0.15, -0.1) is 11.3 Å². The van der Waals surface area contributed by atoms with Crippen LogP contribution >= 0.6 is 11.3 Å². The smallest absolute Gasteiger partial charge is 0.303 e. The predicted molar refractivity (Wildman–Crippen MR) is 96.3 cm³/mol. The van der Waals surface area contributed by atoms with Gasteiger partial charge in [0.15, 0.2) is 0 Å².